The van der Waals surface area contributed by atoms with E-state index in [1.54, 1.807) is 12.1 Å². The van der Waals surface area contributed by atoms with E-state index in [2.05, 4.69) is 4.98 Å². The molecule has 0 bridgehead atoms. The molecule has 21 heavy (non-hydrogen) atoms. The zero-order chi connectivity index (χ0) is 15.6. The first-order chi connectivity index (χ1) is 9.84. The molecule has 1 unspecified atom stereocenters. The van der Waals surface area contributed by atoms with Crippen molar-refractivity contribution in [1.82, 2.24) is 4.98 Å². The monoisotopic (exact) mass is 294 g/mol. The van der Waals surface area contributed by atoms with Gasteiger partial charge in [0.15, 0.2) is 0 Å². The third kappa shape index (κ3) is 3.71. The molecule has 1 fully saturated rings. The van der Waals surface area contributed by atoms with Crippen LogP contribution in [0.3, 0.4) is 0 Å². The number of morpholine rings is 1. The van der Waals surface area contributed by atoms with Crippen LogP contribution < -0.4 is 4.90 Å². The molecule has 2 N–H and O–H groups in total. The van der Waals surface area contributed by atoms with E-state index in [9.17, 15) is 15.0 Å². The van der Waals surface area contributed by atoms with Gasteiger partial charge in [0.05, 0.1) is 23.9 Å². The van der Waals surface area contributed by atoms with E-state index in [4.69, 9.17) is 4.74 Å². The average Bonchev–Trinajstić information content (AvgIpc) is 2.44. The van der Waals surface area contributed by atoms with Gasteiger partial charge >= 0.3 is 5.97 Å². The van der Waals surface area contributed by atoms with Crippen molar-refractivity contribution in [2.75, 3.05) is 24.6 Å². The van der Waals surface area contributed by atoms with Crippen molar-refractivity contribution in [2.45, 2.75) is 38.9 Å². The van der Waals surface area contributed by atoms with Crippen molar-refractivity contribution in [1.29, 1.82) is 0 Å². The van der Waals surface area contributed by atoms with Crippen molar-refractivity contribution in [3.8, 4) is 0 Å². The predicted molar refractivity (Wildman–Crippen MR) is 78.8 cm³/mol. The Kier molecular flexibility index (Phi) is 4.49. The summed E-state index contributed by atoms with van der Waals surface area (Å²) < 4.78 is 5.77. The van der Waals surface area contributed by atoms with Gasteiger partial charge in [0.2, 0.25) is 0 Å². The second-order valence-electron chi connectivity index (χ2n) is 5.93. The molecule has 1 aliphatic heterocycles. The molecule has 1 saturated heterocycles. The van der Waals surface area contributed by atoms with Gasteiger partial charge in [-0.3, -0.25) is 0 Å². The molecule has 2 heterocycles. The van der Waals surface area contributed by atoms with Crippen LogP contribution in [0.25, 0.3) is 0 Å². The number of carboxylic acids is 1. The van der Waals surface area contributed by atoms with Gasteiger partial charge < -0.3 is 19.8 Å². The molecular weight excluding hydrogens is 272 g/mol. The number of aromatic nitrogens is 1. The van der Waals surface area contributed by atoms with E-state index in [0.29, 0.717) is 25.3 Å². The highest BCUT2D eigenvalue weighted by molar-refractivity contribution is 5.88. The van der Waals surface area contributed by atoms with Gasteiger partial charge in [-0.25, -0.2) is 9.78 Å². The van der Waals surface area contributed by atoms with Crippen LogP contribution >= 0.6 is 0 Å². The predicted octanol–water partition coefficient (Wildman–Crippen LogP) is 1.32. The van der Waals surface area contributed by atoms with E-state index < -0.39 is 11.6 Å². The van der Waals surface area contributed by atoms with E-state index in [1.165, 1.54) is 0 Å². The lowest BCUT2D eigenvalue weighted by atomic mass is 10.0. The number of aliphatic hydroxyl groups is 1. The summed E-state index contributed by atoms with van der Waals surface area (Å²) in [5.41, 5.74) is 0.565. The van der Waals surface area contributed by atoms with Crippen LogP contribution in [0.5, 0.6) is 0 Å². The first kappa shape index (κ1) is 15.7. The first-order valence-corrected chi connectivity index (χ1v) is 7.12. The highest BCUT2D eigenvalue weighted by Crippen LogP contribution is 2.26. The van der Waals surface area contributed by atoms with Crippen LogP contribution in [0.2, 0.25) is 0 Å². The number of hydrogen-bond donors (Lipinski definition) is 2. The maximum atomic E-state index is 11.2. The van der Waals surface area contributed by atoms with Crippen LogP contribution in [-0.2, 0) is 11.2 Å². The normalized spacial score (nSPS) is 21.3. The Labute approximate surface area is 124 Å². The zero-order valence-corrected chi connectivity index (χ0v) is 12.7. The molecule has 6 heteroatoms. The summed E-state index contributed by atoms with van der Waals surface area (Å²) in [6.07, 6.45) is 0.375. The summed E-state index contributed by atoms with van der Waals surface area (Å²) in [6, 6.07) is 3.18. The number of aliphatic hydroxyl groups excluding tert-OH is 1. The number of carbonyl (C=O) groups is 1. The molecular formula is C15H22N2O4. The summed E-state index contributed by atoms with van der Waals surface area (Å²) in [7, 11) is 0. The minimum absolute atomic E-state index is 0.0703. The first-order valence-electron chi connectivity index (χ1n) is 7.12. The third-order valence-corrected chi connectivity index (χ3v) is 3.48. The quantitative estimate of drug-likeness (QED) is 0.871. The van der Waals surface area contributed by atoms with Crippen LogP contribution in [0, 0.1) is 0 Å². The molecule has 6 nitrogen and oxygen atoms in total. The Balaban J connectivity index is 2.35. The van der Waals surface area contributed by atoms with Gasteiger partial charge in [0.1, 0.15) is 5.82 Å². The SMILES string of the molecule is CCc1cc(C(=O)O)cc(N2CC(CO)OC(C)(C)C2)n1. The molecule has 0 spiro atoms. The number of ether oxygens (including phenoxy) is 1. The minimum atomic E-state index is -0.959. The molecule has 1 aromatic heterocycles. The molecule has 1 aromatic rings. The summed E-state index contributed by atoms with van der Waals surface area (Å²) >= 11 is 0. The van der Waals surface area contributed by atoms with E-state index in [0.717, 1.165) is 5.69 Å². The maximum Gasteiger partial charge on any atom is 0.335 e. The van der Waals surface area contributed by atoms with Gasteiger partial charge in [-0.1, -0.05) is 6.92 Å². The van der Waals surface area contributed by atoms with Gasteiger partial charge in [-0.05, 0) is 32.4 Å². The Bertz CT molecular complexity index is 530. The Morgan fingerprint density at radius 2 is 2.24 bits per heavy atom. The topological polar surface area (TPSA) is 82.9 Å². The molecule has 0 amide bonds. The van der Waals surface area contributed by atoms with Crippen molar-refractivity contribution in [2.24, 2.45) is 0 Å². The molecule has 2 rings (SSSR count). The van der Waals surface area contributed by atoms with Gasteiger partial charge in [-0.2, -0.15) is 0 Å². The maximum absolute atomic E-state index is 11.2. The molecule has 1 atom stereocenters. The molecule has 0 aromatic carbocycles. The summed E-state index contributed by atoms with van der Waals surface area (Å²) in [5.74, 6) is -0.332. The largest absolute Gasteiger partial charge is 0.478 e. The standard InChI is InChI=1S/C15H22N2O4/c1-4-11-5-10(14(19)20)6-13(16-11)17-7-12(8-18)21-15(2,3)9-17/h5-6,12,18H,4,7-9H2,1-3H3,(H,19,20). The average molecular weight is 294 g/mol. The molecule has 116 valence electrons. The van der Waals surface area contributed by atoms with Crippen molar-refractivity contribution < 1.29 is 19.7 Å². The number of aromatic carboxylic acids is 1. The summed E-state index contributed by atoms with van der Waals surface area (Å²) in [6.45, 7) is 6.87. The van der Waals surface area contributed by atoms with Gasteiger partial charge in [-0.15, -0.1) is 0 Å². The third-order valence-electron chi connectivity index (χ3n) is 3.48. The highest BCUT2D eigenvalue weighted by Gasteiger charge is 2.34. The lowest BCUT2D eigenvalue weighted by molar-refractivity contribution is -0.101. The van der Waals surface area contributed by atoms with Crippen LogP contribution in [-0.4, -0.2) is 52.6 Å². The Hall–Kier alpha value is -1.66. The number of anilines is 1. The second-order valence-corrected chi connectivity index (χ2v) is 5.93. The van der Waals surface area contributed by atoms with Gasteiger partial charge in [0.25, 0.3) is 0 Å². The lowest BCUT2D eigenvalue weighted by Gasteiger charge is -2.43. The molecule has 1 aliphatic rings. The number of pyridine rings is 1. The summed E-state index contributed by atoms with van der Waals surface area (Å²) in [5, 5.41) is 18.6. The van der Waals surface area contributed by atoms with E-state index in [1.807, 2.05) is 25.7 Å². The molecule has 0 radical (unpaired) electrons. The molecule has 0 aliphatic carbocycles. The smallest absolute Gasteiger partial charge is 0.335 e. The number of nitrogens with zero attached hydrogens (tertiary/aromatic N) is 2. The van der Waals surface area contributed by atoms with Crippen molar-refractivity contribution in [3.63, 3.8) is 0 Å². The fraction of sp³-hybridized carbons (Fsp3) is 0.600. The fourth-order valence-corrected chi connectivity index (χ4v) is 2.60. The van der Waals surface area contributed by atoms with E-state index in [-0.39, 0.29) is 18.3 Å². The zero-order valence-electron chi connectivity index (χ0n) is 12.7. The minimum Gasteiger partial charge on any atom is -0.478 e. The number of rotatable bonds is 4. The van der Waals surface area contributed by atoms with Crippen LogP contribution in [0.15, 0.2) is 12.1 Å². The Morgan fingerprint density at radius 3 is 2.81 bits per heavy atom. The van der Waals surface area contributed by atoms with Crippen LogP contribution in [0.1, 0.15) is 36.8 Å². The van der Waals surface area contributed by atoms with E-state index >= 15 is 0 Å². The summed E-state index contributed by atoms with van der Waals surface area (Å²) in [4.78, 5) is 17.7. The molecule has 0 saturated carbocycles. The second kappa shape index (κ2) is 5.99. The number of hydrogen-bond acceptors (Lipinski definition) is 5. The fourth-order valence-electron chi connectivity index (χ4n) is 2.60. The number of carboxylic acid groups (broad SMARTS) is 1. The highest BCUT2D eigenvalue weighted by atomic mass is 16.5. The van der Waals surface area contributed by atoms with Crippen LogP contribution in [0.4, 0.5) is 5.82 Å². The lowest BCUT2D eigenvalue weighted by Crippen LogP contribution is -2.54. The number of aryl methyl sites for hydroxylation is 1. The van der Waals surface area contributed by atoms with Gasteiger partial charge in [0, 0.05) is 18.8 Å². The van der Waals surface area contributed by atoms with Crippen molar-refractivity contribution in [3.05, 3.63) is 23.4 Å². The Morgan fingerprint density at radius 1 is 1.52 bits per heavy atom. The van der Waals surface area contributed by atoms with Crippen molar-refractivity contribution >= 4 is 11.8 Å².